The highest BCUT2D eigenvalue weighted by atomic mass is 16.5. The van der Waals surface area contributed by atoms with E-state index in [0.29, 0.717) is 0 Å². The molecule has 1 nitrogen and oxygen atoms in total. The van der Waals surface area contributed by atoms with Gasteiger partial charge in [0, 0.05) is 0 Å². The summed E-state index contributed by atoms with van der Waals surface area (Å²) in [6.07, 6.45) is 1.13. The predicted octanol–water partition coefficient (Wildman–Crippen LogP) is 5.08. The van der Waals surface area contributed by atoms with E-state index in [1.807, 2.05) is 26.0 Å². The molecule has 0 saturated heterocycles. The summed E-state index contributed by atoms with van der Waals surface area (Å²) in [4.78, 5) is 0. The first kappa shape index (κ1) is 16.0. The van der Waals surface area contributed by atoms with Crippen molar-refractivity contribution in [3.8, 4) is 5.75 Å². The van der Waals surface area contributed by atoms with Crippen LogP contribution < -0.4 is 4.74 Å². The zero-order chi connectivity index (χ0) is 13.3. The van der Waals surface area contributed by atoms with Crippen LogP contribution in [0.15, 0.2) is 24.3 Å². The Hall–Kier alpha value is -0.980. The van der Waals surface area contributed by atoms with E-state index in [-0.39, 0.29) is 0 Å². The van der Waals surface area contributed by atoms with Gasteiger partial charge in [-0.25, -0.2) is 0 Å². The molecule has 1 rings (SSSR count). The highest BCUT2D eigenvalue weighted by Gasteiger charge is 2.06. The second kappa shape index (κ2) is 9.09. The Labute approximate surface area is 107 Å². The number of hydrogen-bond donors (Lipinski definition) is 0. The van der Waals surface area contributed by atoms with Gasteiger partial charge in [-0.2, -0.15) is 0 Å². The molecular weight excluding hydrogens is 208 g/mol. The first-order valence-corrected chi connectivity index (χ1v) is 6.79. The van der Waals surface area contributed by atoms with E-state index in [9.17, 15) is 0 Å². The monoisotopic (exact) mass is 236 g/mol. The van der Waals surface area contributed by atoms with Crippen molar-refractivity contribution in [2.45, 2.75) is 48.0 Å². The fraction of sp³-hybridized carbons (Fsp3) is 0.625. The van der Waals surface area contributed by atoms with Crippen molar-refractivity contribution in [1.82, 2.24) is 0 Å². The summed E-state index contributed by atoms with van der Waals surface area (Å²) in [6, 6.07) is 8.24. The third-order valence-corrected chi connectivity index (χ3v) is 3.00. The molecule has 0 saturated carbocycles. The summed E-state index contributed by atoms with van der Waals surface area (Å²) in [5, 5.41) is 0. The molecule has 1 aromatic carbocycles. The van der Waals surface area contributed by atoms with Gasteiger partial charge in [-0.1, -0.05) is 52.3 Å². The first-order chi connectivity index (χ1) is 8.09. The van der Waals surface area contributed by atoms with Crippen LogP contribution in [0.1, 0.15) is 46.6 Å². The number of ether oxygens (including phenoxy) is 1. The molecular formula is C16H28O. The lowest BCUT2D eigenvalue weighted by atomic mass is 9.95. The van der Waals surface area contributed by atoms with Gasteiger partial charge < -0.3 is 4.74 Å². The molecule has 1 heteroatoms. The van der Waals surface area contributed by atoms with E-state index in [2.05, 4.69) is 39.8 Å². The fourth-order valence-electron chi connectivity index (χ4n) is 1.33. The first-order valence-electron chi connectivity index (χ1n) is 6.79. The maximum Gasteiger partial charge on any atom is 0.119 e. The molecule has 0 aliphatic rings. The largest absolute Gasteiger partial charge is 0.494 e. The van der Waals surface area contributed by atoms with Crippen molar-refractivity contribution in [3.05, 3.63) is 29.8 Å². The van der Waals surface area contributed by atoms with Crippen LogP contribution in [-0.4, -0.2) is 6.61 Å². The highest BCUT2D eigenvalue weighted by molar-refractivity contribution is 5.26. The lowest BCUT2D eigenvalue weighted by Crippen LogP contribution is -2.09. The Kier molecular flexibility index (Phi) is 8.57. The summed E-state index contributed by atoms with van der Waals surface area (Å²) in [5.74, 6) is 2.46. The van der Waals surface area contributed by atoms with Crippen molar-refractivity contribution in [2.24, 2.45) is 11.8 Å². The van der Waals surface area contributed by atoms with E-state index in [1.54, 1.807) is 0 Å². The summed E-state index contributed by atoms with van der Waals surface area (Å²) in [7, 11) is 0. The summed E-state index contributed by atoms with van der Waals surface area (Å²) in [5.41, 5.74) is 1.28. The van der Waals surface area contributed by atoms with Crippen LogP contribution in [0.2, 0.25) is 0 Å². The molecule has 0 N–H and O–H groups in total. The molecule has 0 heterocycles. The molecule has 17 heavy (non-hydrogen) atoms. The summed E-state index contributed by atoms with van der Waals surface area (Å²) < 4.78 is 5.68. The molecule has 0 spiro atoms. The fourth-order valence-corrected chi connectivity index (χ4v) is 1.33. The zero-order valence-electron chi connectivity index (χ0n) is 12.3. The highest BCUT2D eigenvalue weighted by Crippen LogP contribution is 2.16. The molecule has 0 bridgehead atoms. The third kappa shape index (κ3) is 7.04. The average Bonchev–Trinajstić information content (AvgIpc) is 2.34. The number of hydrogen-bond acceptors (Lipinski definition) is 1. The normalized spacial score (nSPS) is 11.7. The Bertz CT molecular complexity index is 274. The second-order valence-electron chi connectivity index (χ2n) is 4.67. The molecule has 0 aromatic heterocycles. The van der Waals surface area contributed by atoms with Crippen LogP contribution >= 0.6 is 0 Å². The quantitative estimate of drug-likeness (QED) is 0.692. The van der Waals surface area contributed by atoms with Crippen LogP contribution in [0.4, 0.5) is 0 Å². The standard InChI is InChI=1S/C14H22O.C2H6/c1-11(2)13(4)9-10-15-14-7-5-12(3)6-8-14;1-2/h5-8,11,13H,9-10H2,1-4H3;1-2H3. The zero-order valence-corrected chi connectivity index (χ0v) is 12.3. The van der Waals surface area contributed by atoms with Gasteiger partial charge in [0.25, 0.3) is 0 Å². The summed E-state index contributed by atoms with van der Waals surface area (Å²) in [6.45, 7) is 13.7. The molecule has 1 atom stereocenters. The van der Waals surface area contributed by atoms with E-state index in [0.717, 1.165) is 30.6 Å². The molecule has 1 unspecified atom stereocenters. The summed E-state index contributed by atoms with van der Waals surface area (Å²) >= 11 is 0. The molecule has 0 amide bonds. The lowest BCUT2D eigenvalue weighted by Gasteiger charge is -2.15. The van der Waals surface area contributed by atoms with Crippen LogP contribution in [0.25, 0.3) is 0 Å². The van der Waals surface area contributed by atoms with Gasteiger partial charge in [-0.15, -0.1) is 0 Å². The topological polar surface area (TPSA) is 9.23 Å². The van der Waals surface area contributed by atoms with Gasteiger partial charge in [-0.3, -0.25) is 0 Å². The number of aryl methyl sites for hydroxylation is 1. The maximum absolute atomic E-state index is 5.68. The van der Waals surface area contributed by atoms with Gasteiger partial charge in [0.1, 0.15) is 5.75 Å². The lowest BCUT2D eigenvalue weighted by molar-refractivity contribution is 0.259. The molecule has 98 valence electrons. The Morgan fingerprint density at radius 3 is 2.00 bits per heavy atom. The van der Waals surface area contributed by atoms with E-state index in [4.69, 9.17) is 4.74 Å². The molecule has 0 fully saturated rings. The van der Waals surface area contributed by atoms with Crippen LogP contribution in [0.5, 0.6) is 5.75 Å². The van der Waals surface area contributed by atoms with Crippen molar-refractivity contribution in [2.75, 3.05) is 6.61 Å². The van der Waals surface area contributed by atoms with Gasteiger partial charge in [-0.05, 0) is 37.3 Å². The average molecular weight is 236 g/mol. The van der Waals surface area contributed by atoms with E-state index < -0.39 is 0 Å². The van der Waals surface area contributed by atoms with Gasteiger partial charge in [0.2, 0.25) is 0 Å². The second-order valence-corrected chi connectivity index (χ2v) is 4.67. The SMILES string of the molecule is CC.Cc1ccc(OCCC(C)C(C)C)cc1. The van der Waals surface area contributed by atoms with Gasteiger partial charge in [0.05, 0.1) is 6.61 Å². The minimum atomic E-state index is 0.732. The number of rotatable bonds is 5. The van der Waals surface area contributed by atoms with E-state index >= 15 is 0 Å². The van der Waals surface area contributed by atoms with Crippen molar-refractivity contribution in [3.63, 3.8) is 0 Å². The molecule has 0 aliphatic heterocycles. The van der Waals surface area contributed by atoms with Gasteiger partial charge >= 0.3 is 0 Å². The molecule has 0 aliphatic carbocycles. The van der Waals surface area contributed by atoms with E-state index in [1.165, 1.54) is 5.56 Å². The van der Waals surface area contributed by atoms with Crippen LogP contribution in [0.3, 0.4) is 0 Å². The Balaban J connectivity index is 0.00000121. The van der Waals surface area contributed by atoms with Crippen LogP contribution in [0, 0.1) is 18.8 Å². The Morgan fingerprint density at radius 2 is 1.53 bits per heavy atom. The van der Waals surface area contributed by atoms with Crippen molar-refractivity contribution in [1.29, 1.82) is 0 Å². The van der Waals surface area contributed by atoms with Crippen molar-refractivity contribution < 1.29 is 4.74 Å². The third-order valence-electron chi connectivity index (χ3n) is 3.00. The predicted molar refractivity (Wildman–Crippen MR) is 76.6 cm³/mol. The minimum Gasteiger partial charge on any atom is -0.494 e. The molecule has 1 aromatic rings. The number of benzene rings is 1. The van der Waals surface area contributed by atoms with Gasteiger partial charge in [0.15, 0.2) is 0 Å². The minimum absolute atomic E-state index is 0.732. The van der Waals surface area contributed by atoms with Crippen LogP contribution in [-0.2, 0) is 0 Å². The van der Waals surface area contributed by atoms with Crippen molar-refractivity contribution >= 4 is 0 Å². The Morgan fingerprint density at radius 1 is 1.00 bits per heavy atom. The smallest absolute Gasteiger partial charge is 0.119 e. The molecule has 0 radical (unpaired) electrons. The maximum atomic E-state index is 5.68.